The van der Waals surface area contributed by atoms with Crippen LogP contribution in [0.2, 0.25) is 5.15 Å². The maximum atomic E-state index is 6.09. The maximum absolute atomic E-state index is 6.09. The Morgan fingerprint density at radius 1 is 1.57 bits per heavy atom. The van der Waals surface area contributed by atoms with Crippen molar-refractivity contribution in [1.82, 2.24) is 10.3 Å². The summed E-state index contributed by atoms with van der Waals surface area (Å²) >= 11 is 6.09. The van der Waals surface area contributed by atoms with Gasteiger partial charge in [0.1, 0.15) is 5.15 Å². The van der Waals surface area contributed by atoms with E-state index in [0.717, 1.165) is 11.6 Å². The lowest BCUT2D eigenvalue weighted by molar-refractivity contribution is 0.220. The van der Waals surface area contributed by atoms with E-state index in [9.17, 15) is 0 Å². The van der Waals surface area contributed by atoms with Crippen LogP contribution in [0.4, 0.5) is 0 Å². The van der Waals surface area contributed by atoms with Gasteiger partial charge in [-0.1, -0.05) is 25.4 Å². The Bertz CT molecular complexity index is 341. The lowest BCUT2D eigenvalue weighted by atomic mass is 9.71. The lowest BCUT2D eigenvalue weighted by Gasteiger charge is -2.38. The predicted octanol–water partition coefficient (Wildman–Crippen LogP) is 2.90. The molecular formula is C11H17ClN2. The van der Waals surface area contributed by atoms with E-state index >= 15 is 0 Å². The Hall–Kier alpha value is -0.470. The molecule has 0 aromatic carbocycles. The zero-order chi connectivity index (χ0) is 10.3. The zero-order valence-electron chi connectivity index (χ0n) is 8.95. The molecule has 78 valence electrons. The molecule has 1 aliphatic carbocycles. The summed E-state index contributed by atoms with van der Waals surface area (Å²) in [6, 6.07) is 0.412. The first-order valence-corrected chi connectivity index (χ1v) is 5.47. The average molecular weight is 213 g/mol. The van der Waals surface area contributed by atoms with Crippen LogP contribution in [0.25, 0.3) is 0 Å². The average Bonchev–Trinajstić information content (AvgIpc) is 2.46. The van der Waals surface area contributed by atoms with Crippen LogP contribution in [0.5, 0.6) is 0 Å². The van der Waals surface area contributed by atoms with Gasteiger partial charge < -0.3 is 10.3 Å². The second-order valence-electron chi connectivity index (χ2n) is 4.75. The van der Waals surface area contributed by atoms with Gasteiger partial charge in [0.2, 0.25) is 0 Å². The molecule has 3 heteroatoms. The molecule has 2 rings (SSSR count). The lowest BCUT2D eigenvalue weighted by Crippen LogP contribution is -2.35. The van der Waals surface area contributed by atoms with Crippen LogP contribution in [-0.4, -0.2) is 12.0 Å². The summed E-state index contributed by atoms with van der Waals surface area (Å²) in [5.74, 6) is 0. The van der Waals surface area contributed by atoms with Crippen LogP contribution in [0.15, 0.2) is 6.20 Å². The van der Waals surface area contributed by atoms with Gasteiger partial charge in [-0.3, -0.25) is 0 Å². The Balaban J connectivity index is 2.45. The summed E-state index contributed by atoms with van der Waals surface area (Å²) in [5.41, 5.74) is 2.95. The van der Waals surface area contributed by atoms with E-state index in [-0.39, 0.29) is 0 Å². The Kier molecular flexibility index (Phi) is 2.36. The van der Waals surface area contributed by atoms with E-state index in [1.165, 1.54) is 17.5 Å². The van der Waals surface area contributed by atoms with Crippen molar-refractivity contribution in [2.24, 2.45) is 5.41 Å². The molecule has 1 unspecified atom stereocenters. The highest BCUT2D eigenvalue weighted by atomic mass is 35.5. The van der Waals surface area contributed by atoms with E-state index < -0.39 is 0 Å². The van der Waals surface area contributed by atoms with Crippen LogP contribution < -0.4 is 5.32 Å². The number of hydrogen-bond acceptors (Lipinski definition) is 1. The molecule has 1 atom stereocenters. The molecule has 2 N–H and O–H groups in total. The van der Waals surface area contributed by atoms with E-state index in [1.807, 2.05) is 13.2 Å². The fourth-order valence-electron chi connectivity index (χ4n) is 2.51. The van der Waals surface area contributed by atoms with Crippen LogP contribution in [0, 0.1) is 5.41 Å². The molecule has 0 saturated carbocycles. The third-order valence-electron chi connectivity index (χ3n) is 3.37. The second kappa shape index (κ2) is 3.28. The summed E-state index contributed by atoms with van der Waals surface area (Å²) in [6.07, 6.45) is 4.31. The highest BCUT2D eigenvalue weighted by molar-refractivity contribution is 6.30. The number of aromatic amines is 1. The number of aromatic nitrogens is 1. The third kappa shape index (κ3) is 1.37. The standard InChI is InChI=1S/C11H17ClN2/c1-11(2)5-4-7-8(9(11)13-3)6-14-10(7)12/h6,9,13-14H,4-5H2,1-3H3. The van der Waals surface area contributed by atoms with Crippen molar-refractivity contribution in [1.29, 1.82) is 0 Å². The van der Waals surface area contributed by atoms with E-state index in [0.29, 0.717) is 11.5 Å². The van der Waals surface area contributed by atoms with E-state index in [2.05, 4.69) is 24.1 Å². The minimum Gasteiger partial charge on any atom is -0.352 e. The van der Waals surface area contributed by atoms with Gasteiger partial charge in [-0.25, -0.2) is 0 Å². The van der Waals surface area contributed by atoms with Crippen LogP contribution in [-0.2, 0) is 6.42 Å². The first-order valence-electron chi connectivity index (χ1n) is 5.09. The number of nitrogens with one attached hydrogen (secondary N) is 2. The van der Waals surface area contributed by atoms with Crippen molar-refractivity contribution in [2.45, 2.75) is 32.7 Å². The molecule has 0 bridgehead atoms. The number of fused-ring (bicyclic) bond motifs is 1. The van der Waals surface area contributed by atoms with Crippen molar-refractivity contribution in [3.05, 3.63) is 22.5 Å². The van der Waals surface area contributed by atoms with Gasteiger partial charge in [-0.15, -0.1) is 0 Å². The first-order chi connectivity index (χ1) is 6.56. The molecule has 0 fully saturated rings. The molecular weight excluding hydrogens is 196 g/mol. The second-order valence-corrected chi connectivity index (χ2v) is 5.12. The summed E-state index contributed by atoms with van der Waals surface area (Å²) < 4.78 is 0. The third-order valence-corrected chi connectivity index (χ3v) is 3.71. The molecule has 1 aromatic heterocycles. The highest BCUT2D eigenvalue weighted by Gasteiger charge is 2.36. The van der Waals surface area contributed by atoms with Crippen LogP contribution >= 0.6 is 11.6 Å². The first kappa shape index (κ1) is 10.1. The molecule has 0 saturated heterocycles. The van der Waals surface area contributed by atoms with Gasteiger partial charge in [0.25, 0.3) is 0 Å². The Morgan fingerprint density at radius 2 is 2.29 bits per heavy atom. The fraction of sp³-hybridized carbons (Fsp3) is 0.636. The smallest absolute Gasteiger partial charge is 0.109 e. The van der Waals surface area contributed by atoms with Crippen molar-refractivity contribution in [3.8, 4) is 0 Å². The normalized spacial score (nSPS) is 24.7. The van der Waals surface area contributed by atoms with Gasteiger partial charge >= 0.3 is 0 Å². The van der Waals surface area contributed by atoms with Crippen molar-refractivity contribution in [2.75, 3.05) is 7.05 Å². The molecule has 1 heterocycles. The summed E-state index contributed by atoms with van der Waals surface area (Å²) in [7, 11) is 2.02. The predicted molar refractivity (Wildman–Crippen MR) is 59.7 cm³/mol. The van der Waals surface area contributed by atoms with Crippen molar-refractivity contribution >= 4 is 11.6 Å². The minimum atomic E-state index is 0.313. The monoisotopic (exact) mass is 212 g/mol. The zero-order valence-corrected chi connectivity index (χ0v) is 9.70. The largest absolute Gasteiger partial charge is 0.352 e. The summed E-state index contributed by atoms with van der Waals surface area (Å²) in [6.45, 7) is 4.61. The van der Waals surface area contributed by atoms with Gasteiger partial charge in [-0.2, -0.15) is 0 Å². The summed E-state index contributed by atoms with van der Waals surface area (Å²) in [4.78, 5) is 3.11. The Labute approximate surface area is 90.0 Å². The molecule has 2 nitrogen and oxygen atoms in total. The molecule has 0 spiro atoms. The topological polar surface area (TPSA) is 27.8 Å². The van der Waals surface area contributed by atoms with Gasteiger partial charge in [0, 0.05) is 12.2 Å². The number of hydrogen-bond donors (Lipinski definition) is 2. The number of H-pyrrole nitrogens is 1. The Morgan fingerprint density at radius 3 is 2.93 bits per heavy atom. The van der Waals surface area contributed by atoms with Gasteiger partial charge in [0.05, 0.1) is 0 Å². The fourth-order valence-corrected chi connectivity index (χ4v) is 2.77. The molecule has 14 heavy (non-hydrogen) atoms. The maximum Gasteiger partial charge on any atom is 0.109 e. The molecule has 0 amide bonds. The molecule has 0 aliphatic heterocycles. The highest BCUT2D eigenvalue weighted by Crippen LogP contribution is 2.44. The summed E-state index contributed by atoms with van der Waals surface area (Å²) in [5, 5.41) is 4.20. The molecule has 1 aromatic rings. The van der Waals surface area contributed by atoms with Crippen LogP contribution in [0.3, 0.4) is 0 Å². The molecule has 0 radical (unpaired) electrons. The quantitative estimate of drug-likeness (QED) is 0.736. The molecule has 1 aliphatic rings. The van der Waals surface area contributed by atoms with E-state index in [4.69, 9.17) is 11.6 Å². The number of rotatable bonds is 1. The number of halogens is 1. The minimum absolute atomic E-state index is 0.313. The SMILES string of the molecule is CNC1c2c[nH]c(Cl)c2CCC1(C)C. The van der Waals surface area contributed by atoms with Crippen molar-refractivity contribution in [3.63, 3.8) is 0 Å². The van der Waals surface area contributed by atoms with Crippen LogP contribution in [0.1, 0.15) is 37.4 Å². The van der Waals surface area contributed by atoms with E-state index in [1.54, 1.807) is 0 Å². The van der Waals surface area contributed by atoms with Crippen molar-refractivity contribution < 1.29 is 0 Å². The van der Waals surface area contributed by atoms with Gasteiger partial charge in [0.15, 0.2) is 0 Å². The van der Waals surface area contributed by atoms with Gasteiger partial charge in [-0.05, 0) is 36.4 Å².